The number of piperidine rings is 1. The van der Waals surface area contributed by atoms with Gasteiger partial charge in [-0.2, -0.15) is 0 Å². The van der Waals surface area contributed by atoms with Crippen molar-refractivity contribution in [1.82, 2.24) is 19.7 Å². The summed E-state index contributed by atoms with van der Waals surface area (Å²) in [5.41, 5.74) is 2.18. The topological polar surface area (TPSA) is 66.0 Å². The number of fused-ring (bicyclic) bond motifs is 3. The van der Waals surface area contributed by atoms with Crippen LogP contribution in [0.15, 0.2) is 48.7 Å². The summed E-state index contributed by atoms with van der Waals surface area (Å²) < 4.78 is 6.33. The maximum Gasteiger partial charge on any atom is 0.236 e. The molecule has 7 heteroatoms. The number of nitrogens with zero attached hydrogens (tertiary/aromatic N) is 4. The molecule has 2 atom stereocenters. The summed E-state index contributed by atoms with van der Waals surface area (Å²) in [5.74, 6) is 2.64. The number of carbonyl (C=O) groups excluding carboxylic acids is 2. The van der Waals surface area contributed by atoms with E-state index < -0.39 is 0 Å². The van der Waals surface area contributed by atoms with Crippen molar-refractivity contribution in [2.75, 3.05) is 46.4 Å². The average molecular weight is 561 g/mol. The van der Waals surface area contributed by atoms with Crippen LogP contribution >= 0.6 is 0 Å². The van der Waals surface area contributed by atoms with Gasteiger partial charge in [-0.05, 0) is 68.1 Å². The van der Waals surface area contributed by atoms with Crippen molar-refractivity contribution < 1.29 is 14.3 Å². The molecule has 0 radical (unpaired) electrons. The number of ether oxygens (including phenoxy) is 1. The van der Waals surface area contributed by atoms with Crippen molar-refractivity contribution in [1.29, 1.82) is 0 Å². The van der Waals surface area contributed by atoms with Gasteiger partial charge in [0, 0.05) is 70.1 Å². The fourth-order valence-corrected chi connectivity index (χ4v) is 6.99. The van der Waals surface area contributed by atoms with Gasteiger partial charge in [-0.15, -0.1) is 0 Å². The highest BCUT2D eigenvalue weighted by Gasteiger charge is 2.34. The van der Waals surface area contributed by atoms with Gasteiger partial charge < -0.3 is 14.5 Å². The largest absolute Gasteiger partial charge is 0.493 e. The van der Waals surface area contributed by atoms with Gasteiger partial charge in [0.25, 0.3) is 0 Å². The second-order valence-electron chi connectivity index (χ2n) is 12.5. The fraction of sp³-hybridized carbons (Fsp3) is 0.618. The van der Waals surface area contributed by atoms with Crippen LogP contribution in [0.5, 0.6) is 5.75 Å². The van der Waals surface area contributed by atoms with Crippen molar-refractivity contribution in [3.8, 4) is 5.75 Å². The summed E-state index contributed by atoms with van der Waals surface area (Å²) >= 11 is 0. The number of amides is 2. The molecule has 222 valence electrons. The monoisotopic (exact) mass is 560 g/mol. The number of hydrogen-bond donors (Lipinski definition) is 0. The van der Waals surface area contributed by atoms with Crippen molar-refractivity contribution in [3.05, 3.63) is 59.9 Å². The molecular formula is C34H48N4O3. The minimum atomic E-state index is 0.192. The smallest absolute Gasteiger partial charge is 0.236 e. The molecule has 1 aliphatic carbocycles. The molecule has 1 saturated heterocycles. The number of pyridine rings is 1. The molecule has 41 heavy (non-hydrogen) atoms. The zero-order valence-electron chi connectivity index (χ0n) is 24.9. The summed E-state index contributed by atoms with van der Waals surface area (Å²) in [7, 11) is 1.90. The second kappa shape index (κ2) is 14.8. The molecule has 1 saturated carbocycles. The van der Waals surface area contributed by atoms with E-state index in [4.69, 9.17) is 4.74 Å². The molecular weight excluding hydrogens is 512 g/mol. The molecule has 1 aromatic carbocycles. The molecule has 0 N–H and O–H groups in total. The van der Waals surface area contributed by atoms with Crippen LogP contribution in [-0.2, 0) is 22.6 Å². The lowest BCUT2D eigenvalue weighted by molar-refractivity contribution is -0.136. The fourth-order valence-electron chi connectivity index (χ4n) is 6.99. The number of aromatic nitrogens is 1. The summed E-state index contributed by atoms with van der Waals surface area (Å²) in [6.07, 6.45) is 12.4. The average Bonchev–Trinajstić information content (AvgIpc) is 3.00. The third kappa shape index (κ3) is 8.54. The lowest BCUT2D eigenvalue weighted by atomic mass is 9.80. The van der Waals surface area contributed by atoms with Crippen LogP contribution in [0.3, 0.4) is 0 Å². The SMILES string of the molecule is CN(CCc1ccccn1)C(=O)C[C@@H]1CCN2C[C@@H]1CCCOc1ccccc1CN(CC1CCCCC1)CC2=O. The van der Waals surface area contributed by atoms with E-state index in [-0.39, 0.29) is 11.8 Å². The van der Waals surface area contributed by atoms with Gasteiger partial charge in [0.15, 0.2) is 0 Å². The predicted octanol–water partition coefficient (Wildman–Crippen LogP) is 5.19. The Labute approximate surface area is 246 Å². The highest BCUT2D eigenvalue weighted by atomic mass is 16.5. The van der Waals surface area contributed by atoms with Gasteiger partial charge in [0.2, 0.25) is 11.8 Å². The lowest BCUT2D eigenvalue weighted by Gasteiger charge is -2.40. The quantitative estimate of drug-likeness (QED) is 0.466. The molecule has 2 fully saturated rings. The third-order valence-electron chi connectivity index (χ3n) is 9.48. The molecule has 2 amide bonds. The molecule has 7 nitrogen and oxygen atoms in total. The van der Waals surface area contributed by atoms with E-state index in [0.29, 0.717) is 43.9 Å². The Kier molecular flexibility index (Phi) is 10.7. The summed E-state index contributed by atoms with van der Waals surface area (Å²) in [4.78, 5) is 37.7. The molecule has 2 aromatic rings. The van der Waals surface area contributed by atoms with Crippen LogP contribution in [0.2, 0.25) is 0 Å². The van der Waals surface area contributed by atoms with Crippen molar-refractivity contribution in [3.63, 3.8) is 0 Å². The minimum absolute atomic E-state index is 0.192. The number of benzene rings is 1. The van der Waals surface area contributed by atoms with E-state index in [1.54, 1.807) is 6.20 Å². The Bertz CT molecular complexity index is 1120. The van der Waals surface area contributed by atoms with Crippen LogP contribution in [-0.4, -0.2) is 77.9 Å². The van der Waals surface area contributed by atoms with Gasteiger partial charge in [-0.3, -0.25) is 19.5 Å². The minimum Gasteiger partial charge on any atom is -0.493 e. The van der Waals surface area contributed by atoms with Crippen LogP contribution < -0.4 is 4.74 Å². The van der Waals surface area contributed by atoms with E-state index in [1.807, 2.05) is 36.2 Å². The summed E-state index contributed by atoms with van der Waals surface area (Å²) in [6.45, 7) is 5.00. The Hall–Kier alpha value is -2.93. The predicted molar refractivity (Wildman–Crippen MR) is 161 cm³/mol. The second-order valence-corrected chi connectivity index (χ2v) is 12.5. The molecule has 3 aliphatic rings. The number of carbonyl (C=O) groups is 2. The Morgan fingerprint density at radius 2 is 1.83 bits per heavy atom. The first-order valence-corrected chi connectivity index (χ1v) is 15.9. The Morgan fingerprint density at radius 1 is 1.00 bits per heavy atom. The molecule has 1 aromatic heterocycles. The molecule has 0 unspecified atom stereocenters. The maximum atomic E-state index is 13.7. The Balaban J connectivity index is 1.24. The number of likely N-dealkylation sites (N-methyl/N-ethyl adjacent to an activating group) is 1. The van der Waals surface area contributed by atoms with Crippen molar-refractivity contribution in [2.45, 2.75) is 70.8 Å². The standard InChI is InChI=1S/C34H48N4O3/c1-36(19-17-31-14-7-8-18-35-31)33(39)22-28-16-20-38-25-29(28)13-9-21-41-32-15-6-5-12-30(32)24-37(26-34(38)40)23-27-10-3-2-4-11-27/h5-8,12,14-15,18,27-29H,2-4,9-11,13,16-17,19-26H2,1H3/t28-,29-/m0/s1. The first kappa shape index (κ1) is 29.6. The lowest BCUT2D eigenvalue weighted by Crippen LogP contribution is -2.48. The zero-order valence-corrected chi connectivity index (χ0v) is 24.9. The molecule has 0 spiro atoms. The van der Waals surface area contributed by atoms with E-state index >= 15 is 0 Å². The number of hydrogen-bond acceptors (Lipinski definition) is 5. The summed E-state index contributed by atoms with van der Waals surface area (Å²) in [6, 6.07) is 14.2. The zero-order chi connectivity index (χ0) is 28.4. The van der Waals surface area contributed by atoms with E-state index in [2.05, 4.69) is 33.0 Å². The van der Waals surface area contributed by atoms with Crippen LogP contribution in [0.25, 0.3) is 0 Å². The Morgan fingerprint density at radius 3 is 2.66 bits per heavy atom. The molecule has 2 bridgehead atoms. The van der Waals surface area contributed by atoms with Gasteiger partial charge in [0.1, 0.15) is 5.75 Å². The van der Waals surface area contributed by atoms with E-state index in [9.17, 15) is 9.59 Å². The third-order valence-corrected chi connectivity index (χ3v) is 9.48. The first-order valence-electron chi connectivity index (χ1n) is 15.9. The molecule has 5 rings (SSSR count). The highest BCUT2D eigenvalue weighted by Crippen LogP contribution is 2.32. The van der Waals surface area contributed by atoms with Crippen LogP contribution in [0.4, 0.5) is 0 Å². The number of para-hydroxylation sites is 1. The van der Waals surface area contributed by atoms with Gasteiger partial charge in [-0.1, -0.05) is 43.5 Å². The van der Waals surface area contributed by atoms with Crippen molar-refractivity contribution in [2.24, 2.45) is 17.8 Å². The van der Waals surface area contributed by atoms with Crippen molar-refractivity contribution >= 4 is 11.8 Å². The molecule has 3 heterocycles. The van der Waals surface area contributed by atoms with Gasteiger partial charge in [0.05, 0.1) is 13.2 Å². The maximum absolute atomic E-state index is 13.7. The van der Waals surface area contributed by atoms with E-state index in [0.717, 1.165) is 63.3 Å². The van der Waals surface area contributed by atoms with Crippen LogP contribution in [0, 0.1) is 17.8 Å². The molecule has 2 aliphatic heterocycles. The summed E-state index contributed by atoms with van der Waals surface area (Å²) in [5, 5.41) is 0. The normalized spacial score (nSPS) is 23.0. The van der Waals surface area contributed by atoms with Crippen LogP contribution in [0.1, 0.15) is 69.0 Å². The first-order chi connectivity index (χ1) is 20.0. The highest BCUT2D eigenvalue weighted by molar-refractivity contribution is 5.79. The van der Waals surface area contributed by atoms with E-state index in [1.165, 1.54) is 37.7 Å². The van der Waals surface area contributed by atoms with Gasteiger partial charge >= 0.3 is 0 Å². The number of rotatable bonds is 7. The van der Waals surface area contributed by atoms with Gasteiger partial charge in [-0.25, -0.2) is 0 Å².